The molecule has 5 heteroatoms. The molecule has 0 bridgehead atoms. The average molecular weight is 616 g/mol. The van der Waals surface area contributed by atoms with Crippen LogP contribution in [0, 0.1) is 0 Å². The molecule has 0 fully saturated rings. The zero-order valence-corrected chi connectivity index (χ0v) is 26.0. The third-order valence-corrected chi connectivity index (χ3v) is 8.23. The van der Waals surface area contributed by atoms with E-state index in [9.17, 15) is 0 Å². The number of aromatic nitrogens is 5. The fourth-order valence-corrected chi connectivity index (χ4v) is 5.83. The Balaban J connectivity index is 1.21. The van der Waals surface area contributed by atoms with Crippen LogP contribution >= 0.6 is 0 Å². The lowest BCUT2D eigenvalue weighted by molar-refractivity contribution is 1.18. The van der Waals surface area contributed by atoms with E-state index in [1.54, 1.807) is 6.20 Å². The number of nitrogens with zero attached hydrogens (tertiary/aromatic N) is 5. The van der Waals surface area contributed by atoms with Crippen LogP contribution in [0.2, 0.25) is 0 Å². The maximum Gasteiger partial charge on any atom is 0.160 e. The van der Waals surface area contributed by atoms with Crippen molar-refractivity contribution in [3.05, 3.63) is 176 Å². The molecule has 0 amide bonds. The highest BCUT2D eigenvalue weighted by molar-refractivity contribution is 5.84. The predicted octanol–water partition coefficient (Wildman–Crippen LogP) is 10.3. The number of hydrogen-bond acceptors (Lipinski definition) is 5. The molecule has 4 aromatic heterocycles. The largest absolute Gasteiger partial charge is 0.255 e. The Bertz CT molecular complexity index is 2190. The van der Waals surface area contributed by atoms with E-state index >= 15 is 0 Å². The van der Waals surface area contributed by atoms with Gasteiger partial charge in [-0.15, -0.1) is 0 Å². The second-order valence-corrected chi connectivity index (χ2v) is 11.4. The molecule has 48 heavy (non-hydrogen) atoms. The fraction of sp³-hybridized carbons (Fsp3) is 0. The molecule has 226 valence electrons. The van der Waals surface area contributed by atoms with Crippen LogP contribution in [0.3, 0.4) is 0 Å². The minimum absolute atomic E-state index is 0.693. The minimum atomic E-state index is 0.693. The first-order chi connectivity index (χ1) is 23.8. The van der Waals surface area contributed by atoms with Gasteiger partial charge < -0.3 is 0 Å². The summed E-state index contributed by atoms with van der Waals surface area (Å²) in [5.41, 5.74) is 12.2. The van der Waals surface area contributed by atoms with Gasteiger partial charge in [0.05, 0.1) is 34.2 Å². The van der Waals surface area contributed by atoms with Crippen LogP contribution in [0.4, 0.5) is 0 Å². The first-order valence-electron chi connectivity index (χ1n) is 15.8. The summed E-state index contributed by atoms with van der Waals surface area (Å²) in [6.07, 6.45) is 3.62. The van der Waals surface area contributed by atoms with Gasteiger partial charge in [0.25, 0.3) is 0 Å². The Labute approximate surface area is 279 Å². The van der Waals surface area contributed by atoms with Crippen molar-refractivity contribution in [3.8, 4) is 78.9 Å². The molecular formula is C43H29N5. The van der Waals surface area contributed by atoms with Crippen LogP contribution in [0.1, 0.15) is 0 Å². The fourth-order valence-electron chi connectivity index (χ4n) is 5.83. The van der Waals surface area contributed by atoms with E-state index in [2.05, 4.69) is 77.8 Å². The number of benzene rings is 4. The molecule has 0 N–H and O–H groups in total. The van der Waals surface area contributed by atoms with Crippen LogP contribution in [-0.2, 0) is 0 Å². The van der Waals surface area contributed by atoms with Crippen molar-refractivity contribution in [1.82, 2.24) is 24.9 Å². The summed E-state index contributed by atoms with van der Waals surface area (Å²) in [4.78, 5) is 24.5. The summed E-state index contributed by atoms with van der Waals surface area (Å²) in [6, 6.07) is 55.4. The molecule has 5 nitrogen and oxygen atoms in total. The van der Waals surface area contributed by atoms with E-state index in [1.165, 1.54) is 0 Å². The summed E-state index contributed by atoms with van der Waals surface area (Å²) < 4.78 is 0. The lowest BCUT2D eigenvalue weighted by Gasteiger charge is -2.13. The molecule has 0 radical (unpaired) electrons. The molecule has 0 aliphatic heterocycles. The van der Waals surface area contributed by atoms with Gasteiger partial charge in [-0.1, -0.05) is 127 Å². The van der Waals surface area contributed by atoms with Crippen LogP contribution in [0.25, 0.3) is 78.9 Å². The quantitative estimate of drug-likeness (QED) is 0.178. The zero-order valence-electron chi connectivity index (χ0n) is 26.0. The maximum atomic E-state index is 5.09. The van der Waals surface area contributed by atoms with Crippen LogP contribution in [0.5, 0.6) is 0 Å². The third-order valence-electron chi connectivity index (χ3n) is 8.23. The smallest absolute Gasteiger partial charge is 0.160 e. The van der Waals surface area contributed by atoms with Gasteiger partial charge in [0, 0.05) is 34.6 Å². The van der Waals surface area contributed by atoms with Crippen molar-refractivity contribution in [1.29, 1.82) is 0 Å². The van der Waals surface area contributed by atoms with Crippen LogP contribution in [0.15, 0.2) is 176 Å². The Morgan fingerprint density at radius 3 is 1.52 bits per heavy atom. The topological polar surface area (TPSA) is 64.5 Å². The summed E-state index contributed by atoms with van der Waals surface area (Å²) in [6.45, 7) is 0. The molecule has 0 unspecified atom stereocenters. The van der Waals surface area contributed by atoms with Gasteiger partial charge in [-0.3, -0.25) is 9.97 Å². The van der Waals surface area contributed by atoms with E-state index in [1.807, 2.05) is 97.2 Å². The highest BCUT2D eigenvalue weighted by atomic mass is 14.9. The predicted molar refractivity (Wildman–Crippen MR) is 193 cm³/mol. The molecular weight excluding hydrogens is 587 g/mol. The van der Waals surface area contributed by atoms with Gasteiger partial charge in [0.2, 0.25) is 0 Å². The van der Waals surface area contributed by atoms with E-state index in [0.29, 0.717) is 5.82 Å². The van der Waals surface area contributed by atoms with Gasteiger partial charge in [-0.2, -0.15) is 0 Å². The van der Waals surface area contributed by atoms with Crippen molar-refractivity contribution in [2.45, 2.75) is 0 Å². The van der Waals surface area contributed by atoms with Crippen LogP contribution < -0.4 is 0 Å². The summed E-state index contributed by atoms with van der Waals surface area (Å²) in [5, 5.41) is 0. The van der Waals surface area contributed by atoms with Crippen molar-refractivity contribution >= 4 is 0 Å². The molecule has 0 saturated heterocycles. The highest BCUT2D eigenvalue weighted by Gasteiger charge is 2.16. The molecule has 4 heterocycles. The molecule has 0 aliphatic carbocycles. The van der Waals surface area contributed by atoms with E-state index in [4.69, 9.17) is 19.9 Å². The van der Waals surface area contributed by atoms with Crippen molar-refractivity contribution in [3.63, 3.8) is 0 Å². The maximum absolute atomic E-state index is 5.09. The van der Waals surface area contributed by atoms with Gasteiger partial charge in [0.15, 0.2) is 5.82 Å². The Hall–Kier alpha value is -6.59. The lowest BCUT2D eigenvalue weighted by atomic mass is 9.97. The first-order valence-corrected chi connectivity index (χ1v) is 15.8. The summed E-state index contributed by atoms with van der Waals surface area (Å²) in [5.74, 6) is 0.693. The Kier molecular flexibility index (Phi) is 7.83. The highest BCUT2D eigenvalue weighted by Crippen LogP contribution is 2.35. The second kappa shape index (κ2) is 13.0. The molecule has 8 rings (SSSR count). The van der Waals surface area contributed by atoms with E-state index in [-0.39, 0.29) is 0 Å². The Morgan fingerprint density at radius 2 is 0.854 bits per heavy atom. The van der Waals surface area contributed by atoms with Gasteiger partial charge in [0.1, 0.15) is 0 Å². The monoisotopic (exact) mass is 615 g/mol. The van der Waals surface area contributed by atoms with E-state index in [0.717, 1.165) is 73.1 Å². The van der Waals surface area contributed by atoms with Crippen molar-refractivity contribution < 1.29 is 0 Å². The number of rotatable bonds is 7. The standard InChI is InChI=1S/C43H29N5/c1-4-13-30(14-5-1)35-27-40(37-20-10-11-25-44-37)46-41(28-35)42-36(19-12-26-45-42)31-21-23-33(24-22-31)39-29-38(32-15-6-2-7-16-32)47-43(48-39)34-17-8-3-9-18-34/h1-29H. The van der Waals surface area contributed by atoms with Gasteiger partial charge >= 0.3 is 0 Å². The normalized spacial score (nSPS) is 10.9. The minimum Gasteiger partial charge on any atom is -0.255 e. The molecule has 8 aromatic rings. The molecule has 0 spiro atoms. The van der Waals surface area contributed by atoms with E-state index < -0.39 is 0 Å². The Morgan fingerprint density at radius 1 is 0.292 bits per heavy atom. The summed E-state index contributed by atoms with van der Waals surface area (Å²) in [7, 11) is 0. The third kappa shape index (κ3) is 6.00. The lowest BCUT2D eigenvalue weighted by Crippen LogP contribution is -1.97. The number of hydrogen-bond donors (Lipinski definition) is 0. The average Bonchev–Trinajstić information content (AvgIpc) is 3.19. The van der Waals surface area contributed by atoms with Crippen LogP contribution in [-0.4, -0.2) is 24.9 Å². The zero-order chi connectivity index (χ0) is 32.1. The van der Waals surface area contributed by atoms with Crippen molar-refractivity contribution in [2.24, 2.45) is 0 Å². The molecule has 4 aromatic carbocycles. The van der Waals surface area contributed by atoms with Crippen molar-refractivity contribution in [2.75, 3.05) is 0 Å². The first kappa shape index (κ1) is 28.9. The number of pyridine rings is 3. The second-order valence-electron chi connectivity index (χ2n) is 11.4. The molecule has 0 atom stereocenters. The van der Waals surface area contributed by atoms with Gasteiger partial charge in [-0.25, -0.2) is 15.0 Å². The summed E-state index contributed by atoms with van der Waals surface area (Å²) >= 11 is 0. The SMILES string of the molecule is c1ccc(-c2cc(-c3ccccn3)nc(-c3ncccc3-c3ccc(-c4cc(-c5ccccc5)nc(-c5ccccc5)n4)cc3)c2)cc1. The molecule has 0 saturated carbocycles. The molecule has 0 aliphatic rings. The van der Waals surface area contributed by atoms with Gasteiger partial charge in [-0.05, 0) is 53.1 Å².